The third-order valence-electron chi connectivity index (χ3n) is 6.48. The molecular formula is C31H29NO3. The summed E-state index contributed by atoms with van der Waals surface area (Å²) in [7, 11) is 0. The topological polar surface area (TPSA) is 47.6 Å². The molecule has 1 amide bonds. The summed E-state index contributed by atoms with van der Waals surface area (Å²) < 4.78 is 12.5. The summed E-state index contributed by atoms with van der Waals surface area (Å²) in [6.07, 6.45) is 0.634. The van der Waals surface area contributed by atoms with Crippen LogP contribution in [0, 0.1) is 0 Å². The van der Waals surface area contributed by atoms with Crippen molar-refractivity contribution in [3.63, 3.8) is 0 Å². The van der Waals surface area contributed by atoms with E-state index in [0.717, 1.165) is 33.6 Å². The van der Waals surface area contributed by atoms with Crippen molar-refractivity contribution in [3.8, 4) is 11.5 Å². The lowest BCUT2D eigenvalue weighted by molar-refractivity contribution is -0.123. The standard InChI is InChI=1S/C31H29NO3/c1-22(25-15-9-4-10-16-25)32-31(33)28-19-27-26(28)17-18-29(34-20-23-11-5-2-6-12-23)30(27)35-21-24-13-7-3-8-14-24/h2-18,22,28H,19-21H2,1H3,(H,32,33)/t22-,28-/m0/s1. The maximum absolute atomic E-state index is 13.1. The Kier molecular flexibility index (Phi) is 6.80. The largest absolute Gasteiger partial charge is 0.485 e. The van der Waals surface area contributed by atoms with Crippen LogP contribution >= 0.6 is 0 Å². The van der Waals surface area contributed by atoms with Crippen LogP contribution in [0.15, 0.2) is 103 Å². The van der Waals surface area contributed by atoms with Crippen molar-refractivity contribution in [3.05, 3.63) is 131 Å². The summed E-state index contributed by atoms with van der Waals surface area (Å²) in [5, 5.41) is 3.17. The minimum Gasteiger partial charge on any atom is -0.485 e. The van der Waals surface area contributed by atoms with Gasteiger partial charge in [-0.15, -0.1) is 0 Å². The lowest BCUT2D eigenvalue weighted by atomic mass is 9.76. The van der Waals surface area contributed by atoms with Crippen LogP contribution < -0.4 is 14.8 Å². The Morgan fingerprint density at radius 1 is 0.800 bits per heavy atom. The smallest absolute Gasteiger partial charge is 0.228 e. The number of amides is 1. The summed E-state index contributed by atoms with van der Waals surface area (Å²) in [4.78, 5) is 13.1. The van der Waals surface area contributed by atoms with E-state index in [1.807, 2.05) is 110 Å². The number of carbonyl (C=O) groups is 1. The normalized spacial score (nSPS) is 14.8. The number of carbonyl (C=O) groups excluding carboxylic acids is 1. The molecule has 1 N–H and O–H groups in total. The fourth-order valence-electron chi connectivity index (χ4n) is 4.45. The molecule has 4 heteroatoms. The van der Waals surface area contributed by atoms with Gasteiger partial charge in [-0.2, -0.15) is 0 Å². The molecule has 176 valence electrons. The first-order valence-corrected chi connectivity index (χ1v) is 12.0. The molecule has 1 aliphatic rings. The van der Waals surface area contributed by atoms with Crippen molar-refractivity contribution in [2.45, 2.75) is 38.5 Å². The van der Waals surface area contributed by atoms with Gasteiger partial charge >= 0.3 is 0 Å². The van der Waals surface area contributed by atoms with Gasteiger partial charge in [-0.1, -0.05) is 97.1 Å². The summed E-state index contributed by atoms with van der Waals surface area (Å²) >= 11 is 0. The number of hydrogen-bond acceptors (Lipinski definition) is 3. The van der Waals surface area contributed by atoms with Crippen LogP contribution in [0.1, 0.15) is 46.7 Å². The van der Waals surface area contributed by atoms with Gasteiger partial charge in [0.25, 0.3) is 0 Å². The van der Waals surface area contributed by atoms with E-state index in [1.54, 1.807) is 0 Å². The highest BCUT2D eigenvalue weighted by molar-refractivity contribution is 5.88. The molecule has 0 bridgehead atoms. The quantitative estimate of drug-likeness (QED) is 0.314. The summed E-state index contributed by atoms with van der Waals surface area (Å²) in [6.45, 7) is 2.92. The van der Waals surface area contributed by atoms with Crippen LogP contribution in [-0.2, 0) is 24.4 Å². The SMILES string of the molecule is C[C@H](NC(=O)[C@H]1Cc2c1ccc(OCc1ccccc1)c2OCc1ccccc1)c1ccccc1. The second-order valence-corrected chi connectivity index (χ2v) is 8.91. The van der Waals surface area contributed by atoms with Gasteiger partial charge in [0.1, 0.15) is 13.2 Å². The van der Waals surface area contributed by atoms with Crippen LogP contribution in [0.25, 0.3) is 0 Å². The molecule has 0 unspecified atom stereocenters. The van der Waals surface area contributed by atoms with E-state index in [9.17, 15) is 4.79 Å². The number of benzene rings is 4. The number of rotatable bonds is 9. The second kappa shape index (κ2) is 10.5. The maximum atomic E-state index is 13.1. The molecule has 0 saturated carbocycles. The van der Waals surface area contributed by atoms with Crippen molar-refractivity contribution in [2.75, 3.05) is 0 Å². The van der Waals surface area contributed by atoms with E-state index < -0.39 is 0 Å². The summed E-state index contributed by atoms with van der Waals surface area (Å²) in [6, 6.07) is 34.1. The Labute approximate surface area is 206 Å². The lowest BCUT2D eigenvalue weighted by Gasteiger charge is -2.33. The Balaban J connectivity index is 1.34. The Morgan fingerprint density at radius 2 is 1.37 bits per heavy atom. The monoisotopic (exact) mass is 463 g/mol. The van der Waals surface area contributed by atoms with Gasteiger partial charge < -0.3 is 14.8 Å². The van der Waals surface area contributed by atoms with Gasteiger partial charge in [-0.05, 0) is 41.7 Å². The molecule has 0 heterocycles. The van der Waals surface area contributed by atoms with Gasteiger partial charge in [0.15, 0.2) is 11.5 Å². The first-order chi connectivity index (χ1) is 17.2. The maximum Gasteiger partial charge on any atom is 0.228 e. The lowest BCUT2D eigenvalue weighted by Crippen LogP contribution is -2.37. The van der Waals surface area contributed by atoms with Crippen molar-refractivity contribution in [1.82, 2.24) is 5.32 Å². The molecule has 0 spiro atoms. The molecule has 0 saturated heterocycles. The molecule has 0 aromatic heterocycles. The predicted molar refractivity (Wildman–Crippen MR) is 137 cm³/mol. The van der Waals surface area contributed by atoms with Crippen molar-refractivity contribution < 1.29 is 14.3 Å². The fourth-order valence-corrected chi connectivity index (χ4v) is 4.45. The average molecular weight is 464 g/mol. The van der Waals surface area contributed by atoms with Crippen LogP contribution in [0.2, 0.25) is 0 Å². The van der Waals surface area contributed by atoms with Gasteiger partial charge in [0.2, 0.25) is 5.91 Å². The van der Waals surface area contributed by atoms with Gasteiger partial charge in [0.05, 0.1) is 12.0 Å². The zero-order chi connectivity index (χ0) is 24.0. The third-order valence-corrected chi connectivity index (χ3v) is 6.48. The molecule has 0 aliphatic heterocycles. The van der Waals surface area contributed by atoms with E-state index in [4.69, 9.17) is 9.47 Å². The van der Waals surface area contributed by atoms with E-state index in [2.05, 4.69) is 5.32 Å². The minimum absolute atomic E-state index is 0.0424. The second-order valence-electron chi connectivity index (χ2n) is 8.91. The number of hydrogen-bond donors (Lipinski definition) is 1. The third kappa shape index (κ3) is 5.22. The van der Waals surface area contributed by atoms with Crippen molar-refractivity contribution >= 4 is 5.91 Å². The number of ether oxygens (including phenoxy) is 2. The van der Waals surface area contributed by atoms with Crippen molar-refractivity contribution in [2.24, 2.45) is 0 Å². The Bertz CT molecular complexity index is 1270. The molecule has 0 fully saturated rings. The molecule has 4 aromatic carbocycles. The van der Waals surface area contributed by atoms with Crippen LogP contribution in [0.5, 0.6) is 11.5 Å². The highest BCUT2D eigenvalue weighted by Gasteiger charge is 2.37. The average Bonchev–Trinajstić information content (AvgIpc) is 2.89. The number of fused-ring (bicyclic) bond motifs is 1. The van der Waals surface area contributed by atoms with E-state index in [0.29, 0.717) is 25.4 Å². The van der Waals surface area contributed by atoms with E-state index in [1.165, 1.54) is 0 Å². The summed E-state index contributed by atoms with van der Waals surface area (Å²) in [5.41, 5.74) is 5.34. The molecule has 1 aliphatic carbocycles. The van der Waals surface area contributed by atoms with Gasteiger partial charge in [-0.3, -0.25) is 4.79 Å². The van der Waals surface area contributed by atoms with Gasteiger partial charge in [-0.25, -0.2) is 0 Å². The highest BCUT2D eigenvalue weighted by Crippen LogP contribution is 2.46. The molecule has 0 radical (unpaired) electrons. The Hall–Kier alpha value is -4.05. The van der Waals surface area contributed by atoms with Crippen molar-refractivity contribution in [1.29, 1.82) is 0 Å². The van der Waals surface area contributed by atoms with Crippen LogP contribution in [0.4, 0.5) is 0 Å². The molecule has 5 rings (SSSR count). The zero-order valence-corrected chi connectivity index (χ0v) is 19.8. The molecule has 2 atom stereocenters. The molecular weight excluding hydrogens is 434 g/mol. The van der Waals surface area contributed by atoms with E-state index >= 15 is 0 Å². The number of nitrogens with one attached hydrogen (secondary N) is 1. The van der Waals surface area contributed by atoms with E-state index in [-0.39, 0.29) is 17.9 Å². The zero-order valence-electron chi connectivity index (χ0n) is 19.8. The fraction of sp³-hybridized carbons (Fsp3) is 0.194. The molecule has 4 nitrogen and oxygen atoms in total. The summed E-state index contributed by atoms with van der Waals surface area (Å²) in [5.74, 6) is 1.31. The first-order valence-electron chi connectivity index (χ1n) is 12.0. The minimum atomic E-state index is -0.182. The predicted octanol–water partition coefficient (Wildman–Crippen LogP) is 6.36. The van der Waals surface area contributed by atoms with Gasteiger partial charge in [0, 0.05) is 5.56 Å². The molecule has 4 aromatic rings. The first kappa shape index (κ1) is 22.7. The van der Waals surface area contributed by atoms with Crippen LogP contribution in [-0.4, -0.2) is 5.91 Å². The Morgan fingerprint density at radius 3 is 2.00 bits per heavy atom. The highest BCUT2D eigenvalue weighted by atomic mass is 16.5. The van der Waals surface area contributed by atoms with Crippen LogP contribution in [0.3, 0.4) is 0 Å². The molecule has 35 heavy (non-hydrogen) atoms.